The van der Waals surface area contributed by atoms with Crippen molar-refractivity contribution < 1.29 is 9.90 Å². The summed E-state index contributed by atoms with van der Waals surface area (Å²) in [4.78, 5) is 13.4. The Hall–Kier alpha value is -1.71. The molecule has 0 amide bonds. The molecule has 1 aromatic rings. The van der Waals surface area contributed by atoms with E-state index in [9.17, 15) is 4.79 Å². The monoisotopic (exact) mass is 262 g/mol. The quantitative estimate of drug-likeness (QED) is 0.818. The summed E-state index contributed by atoms with van der Waals surface area (Å²) in [7, 11) is 0. The van der Waals surface area contributed by atoms with Gasteiger partial charge in [0.2, 0.25) is 0 Å². The van der Waals surface area contributed by atoms with Gasteiger partial charge in [-0.1, -0.05) is 13.3 Å². The average Bonchev–Trinajstić information content (AvgIpc) is 2.39. The van der Waals surface area contributed by atoms with Gasteiger partial charge in [0.15, 0.2) is 0 Å². The van der Waals surface area contributed by atoms with E-state index in [1.165, 1.54) is 32.1 Å². The van der Waals surface area contributed by atoms with Gasteiger partial charge < -0.3 is 15.7 Å². The standard InChI is InChI=1S/C15H22N2O2/c1-2-5-11-6-3-4-9-17(11)12-7-8-13(15(18)19)14(16)10-12/h7-8,10-11H,2-6,9,16H2,1H3,(H,18,19). The van der Waals surface area contributed by atoms with Crippen molar-refractivity contribution in [3.8, 4) is 0 Å². The maximum atomic E-state index is 11.0. The van der Waals surface area contributed by atoms with E-state index in [0.717, 1.165) is 12.2 Å². The van der Waals surface area contributed by atoms with Crippen LogP contribution in [0.25, 0.3) is 0 Å². The highest BCUT2D eigenvalue weighted by Gasteiger charge is 2.22. The number of carboxylic acids is 1. The highest BCUT2D eigenvalue weighted by atomic mass is 16.4. The molecular weight excluding hydrogens is 240 g/mol. The number of nitrogen functional groups attached to an aromatic ring is 1. The third-order valence-electron chi connectivity index (χ3n) is 3.85. The Morgan fingerprint density at radius 3 is 2.89 bits per heavy atom. The van der Waals surface area contributed by atoms with E-state index in [-0.39, 0.29) is 5.56 Å². The number of nitrogens with two attached hydrogens (primary N) is 1. The second kappa shape index (κ2) is 5.95. The van der Waals surface area contributed by atoms with Crippen molar-refractivity contribution in [2.75, 3.05) is 17.2 Å². The van der Waals surface area contributed by atoms with Crippen LogP contribution in [0.4, 0.5) is 11.4 Å². The predicted octanol–water partition coefficient (Wildman–Crippen LogP) is 3.13. The van der Waals surface area contributed by atoms with Gasteiger partial charge in [-0.25, -0.2) is 4.79 Å². The van der Waals surface area contributed by atoms with Crippen molar-refractivity contribution in [1.82, 2.24) is 0 Å². The molecule has 1 aromatic carbocycles. The first-order chi connectivity index (χ1) is 9.13. The highest BCUT2D eigenvalue weighted by molar-refractivity contribution is 5.94. The number of rotatable bonds is 4. The summed E-state index contributed by atoms with van der Waals surface area (Å²) in [6, 6.07) is 5.87. The largest absolute Gasteiger partial charge is 0.478 e. The van der Waals surface area contributed by atoms with E-state index in [2.05, 4.69) is 11.8 Å². The summed E-state index contributed by atoms with van der Waals surface area (Å²) >= 11 is 0. The number of anilines is 2. The molecule has 4 nitrogen and oxygen atoms in total. The van der Waals surface area contributed by atoms with Gasteiger partial charge in [0.25, 0.3) is 0 Å². The molecule has 1 fully saturated rings. The first-order valence-electron chi connectivity index (χ1n) is 7.03. The van der Waals surface area contributed by atoms with Crippen molar-refractivity contribution in [1.29, 1.82) is 0 Å². The Bertz CT molecular complexity index is 457. The van der Waals surface area contributed by atoms with Gasteiger partial charge in [0.05, 0.1) is 5.56 Å². The molecule has 1 aliphatic rings. The zero-order valence-corrected chi connectivity index (χ0v) is 11.4. The fourth-order valence-electron chi connectivity index (χ4n) is 2.90. The van der Waals surface area contributed by atoms with E-state index in [1.807, 2.05) is 6.07 Å². The Morgan fingerprint density at radius 1 is 1.47 bits per heavy atom. The van der Waals surface area contributed by atoms with Gasteiger partial charge in [-0.05, 0) is 43.9 Å². The molecule has 1 aliphatic heterocycles. The lowest BCUT2D eigenvalue weighted by atomic mass is 9.97. The number of benzene rings is 1. The molecule has 4 heteroatoms. The smallest absolute Gasteiger partial charge is 0.337 e. The number of carbonyl (C=O) groups is 1. The van der Waals surface area contributed by atoms with Gasteiger partial charge in [-0.2, -0.15) is 0 Å². The van der Waals surface area contributed by atoms with E-state index < -0.39 is 5.97 Å². The third-order valence-corrected chi connectivity index (χ3v) is 3.85. The van der Waals surface area contributed by atoms with Gasteiger partial charge in [0.1, 0.15) is 0 Å². The van der Waals surface area contributed by atoms with Crippen LogP contribution in [-0.4, -0.2) is 23.7 Å². The zero-order chi connectivity index (χ0) is 13.8. The third kappa shape index (κ3) is 3.00. The van der Waals surface area contributed by atoms with Crippen LogP contribution in [0.1, 0.15) is 49.4 Å². The fraction of sp³-hybridized carbons (Fsp3) is 0.533. The summed E-state index contributed by atoms with van der Waals surface area (Å²) in [6.45, 7) is 3.24. The Morgan fingerprint density at radius 2 is 2.26 bits per heavy atom. The van der Waals surface area contributed by atoms with Gasteiger partial charge >= 0.3 is 5.97 Å². The maximum absolute atomic E-state index is 11.0. The van der Waals surface area contributed by atoms with Crippen LogP contribution in [0.2, 0.25) is 0 Å². The van der Waals surface area contributed by atoms with E-state index in [1.54, 1.807) is 12.1 Å². The van der Waals surface area contributed by atoms with Crippen LogP contribution in [0.15, 0.2) is 18.2 Å². The highest BCUT2D eigenvalue weighted by Crippen LogP contribution is 2.29. The molecule has 19 heavy (non-hydrogen) atoms. The molecule has 0 aliphatic carbocycles. The van der Waals surface area contributed by atoms with E-state index in [4.69, 9.17) is 10.8 Å². The molecule has 0 saturated carbocycles. The molecule has 0 spiro atoms. The van der Waals surface area contributed by atoms with Crippen molar-refractivity contribution in [2.45, 2.75) is 45.1 Å². The molecule has 0 bridgehead atoms. The number of nitrogens with zero attached hydrogens (tertiary/aromatic N) is 1. The lowest BCUT2D eigenvalue weighted by molar-refractivity contribution is 0.0698. The Balaban J connectivity index is 2.24. The molecule has 1 atom stereocenters. The van der Waals surface area contributed by atoms with Crippen molar-refractivity contribution in [3.05, 3.63) is 23.8 Å². The number of aromatic carboxylic acids is 1. The van der Waals surface area contributed by atoms with E-state index in [0.29, 0.717) is 11.7 Å². The number of piperidine rings is 1. The van der Waals surface area contributed by atoms with Crippen molar-refractivity contribution >= 4 is 17.3 Å². The zero-order valence-electron chi connectivity index (χ0n) is 11.4. The van der Waals surface area contributed by atoms with Crippen molar-refractivity contribution in [3.63, 3.8) is 0 Å². The molecule has 1 heterocycles. The predicted molar refractivity (Wildman–Crippen MR) is 77.7 cm³/mol. The minimum atomic E-state index is -0.965. The first kappa shape index (κ1) is 13.7. The number of hydrogen-bond acceptors (Lipinski definition) is 3. The normalized spacial score (nSPS) is 19.4. The SMILES string of the molecule is CCCC1CCCCN1c1ccc(C(=O)O)c(N)c1. The molecule has 2 rings (SSSR count). The number of carboxylic acid groups (broad SMARTS) is 1. The fourth-order valence-corrected chi connectivity index (χ4v) is 2.90. The molecule has 1 saturated heterocycles. The van der Waals surface area contributed by atoms with Gasteiger partial charge in [-0.15, -0.1) is 0 Å². The van der Waals surface area contributed by atoms with E-state index >= 15 is 0 Å². The molecule has 0 aromatic heterocycles. The average molecular weight is 262 g/mol. The Labute approximate surface area is 114 Å². The summed E-state index contributed by atoms with van der Waals surface area (Å²) in [5.74, 6) is -0.965. The minimum absolute atomic E-state index is 0.188. The maximum Gasteiger partial charge on any atom is 0.337 e. The van der Waals surface area contributed by atoms with Crippen molar-refractivity contribution in [2.24, 2.45) is 0 Å². The second-order valence-corrected chi connectivity index (χ2v) is 5.21. The summed E-state index contributed by atoms with van der Waals surface area (Å²) in [5, 5.41) is 9.01. The van der Waals surface area contributed by atoms with Crippen LogP contribution in [0.5, 0.6) is 0 Å². The summed E-state index contributed by atoms with van der Waals surface area (Å²) < 4.78 is 0. The van der Waals surface area contributed by atoms with Gasteiger partial charge in [-0.3, -0.25) is 0 Å². The first-order valence-corrected chi connectivity index (χ1v) is 7.03. The van der Waals surface area contributed by atoms with Crippen LogP contribution in [0.3, 0.4) is 0 Å². The molecule has 1 unspecified atom stereocenters. The Kier molecular flexibility index (Phi) is 4.30. The summed E-state index contributed by atoms with van der Waals surface area (Å²) in [6.07, 6.45) is 6.05. The second-order valence-electron chi connectivity index (χ2n) is 5.21. The van der Waals surface area contributed by atoms with Crippen LogP contribution < -0.4 is 10.6 Å². The molecule has 3 N–H and O–H groups in total. The van der Waals surface area contributed by atoms with Crippen LogP contribution >= 0.6 is 0 Å². The van der Waals surface area contributed by atoms with Gasteiger partial charge in [0, 0.05) is 24.0 Å². The molecular formula is C15H22N2O2. The molecule has 0 radical (unpaired) electrons. The summed E-state index contributed by atoms with van der Waals surface area (Å²) in [5.41, 5.74) is 7.44. The minimum Gasteiger partial charge on any atom is -0.478 e. The number of hydrogen-bond donors (Lipinski definition) is 2. The lowest BCUT2D eigenvalue weighted by Crippen LogP contribution is -2.39. The topological polar surface area (TPSA) is 66.6 Å². The molecule has 104 valence electrons. The van der Waals surface area contributed by atoms with Crippen LogP contribution in [0, 0.1) is 0 Å². The van der Waals surface area contributed by atoms with Crippen LogP contribution in [-0.2, 0) is 0 Å². The lowest BCUT2D eigenvalue weighted by Gasteiger charge is -2.37.